The fourth-order valence-corrected chi connectivity index (χ4v) is 4.18. The van der Waals surface area contributed by atoms with Gasteiger partial charge in [-0.2, -0.15) is 0 Å². The zero-order chi connectivity index (χ0) is 15.5. The summed E-state index contributed by atoms with van der Waals surface area (Å²) in [5, 5.41) is 15.3. The van der Waals surface area contributed by atoms with E-state index in [1.807, 2.05) is 5.38 Å². The number of carbonyl (C=O) groups is 1. The van der Waals surface area contributed by atoms with Crippen LogP contribution in [0.2, 0.25) is 0 Å². The predicted octanol–water partition coefficient (Wildman–Crippen LogP) is 2.16. The molecule has 1 aromatic heterocycles. The smallest absolute Gasteiger partial charge is 0.223 e. The summed E-state index contributed by atoms with van der Waals surface area (Å²) in [5.41, 5.74) is 0.731. The van der Waals surface area contributed by atoms with E-state index < -0.39 is 0 Å². The van der Waals surface area contributed by atoms with Crippen LogP contribution in [0.15, 0.2) is 5.38 Å². The van der Waals surface area contributed by atoms with Crippen molar-refractivity contribution < 1.29 is 9.90 Å². The van der Waals surface area contributed by atoms with Crippen LogP contribution in [0, 0.1) is 11.8 Å². The monoisotopic (exact) mass is 323 g/mol. The molecule has 1 aliphatic heterocycles. The topological polar surface area (TPSA) is 65.5 Å². The zero-order valence-corrected chi connectivity index (χ0v) is 13.9. The summed E-state index contributed by atoms with van der Waals surface area (Å²) in [6, 6.07) is 0.231. The molecule has 1 aromatic rings. The maximum atomic E-state index is 12.2. The van der Waals surface area contributed by atoms with Gasteiger partial charge in [0.25, 0.3) is 0 Å². The van der Waals surface area contributed by atoms with Crippen LogP contribution >= 0.6 is 11.3 Å². The second-order valence-electron chi connectivity index (χ2n) is 6.48. The van der Waals surface area contributed by atoms with Crippen LogP contribution in [0.5, 0.6) is 0 Å². The molecule has 0 unspecified atom stereocenters. The quantitative estimate of drug-likeness (QED) is 0.842. The molecule has 0 spiro atoms. The van der Waals surface area contributed by atoms with Gasteiger partial charge in [-0.15, -0.1) is 11.3 Å². The first-order chi connectivity index (χ1) is 10.7. The highest BCUT2D eigenvalue weighted by molar-refractivity contribution is 7.13. The molecule has 1 saturated heterocycles. The average Bonchev–Trinajstić information content (AvgIpc) is 3.04. The Balaban J connectivity index is 1.64. The second kappa shape index (κ2) is 6.96. The predicted molar refractivity (Wildman–Crippen MR) is 87.9 cm³/mol. The third kappa shape index (κ3) is 3.27. The van der Waals surface area contributed by atoms with Crippen molar-refractivity contribution in [2.75, 3.05) is 18.0 Å². The summed E-state index contributed by atoms with van der Waals surface area (Å²) >= 11 is 1.58. The first-order valence-corrected chi connectivity index (χ1v) is 9.19. The summed E-state index contributed by atoms with van der Waals surface area (Å²) < 4.78 is 0. The number of hydrogen-bond donors (Lipinski definition) is 2. The minimum absolute atomic E-state index is 0.00935. The second-order valence-corrected chi connectivity index (χ2v) is 7.31. The lowest BCUT2D eigenvalue weighted by Gasteiger charge is -2.27. The first kappa shape index (κ1) is 15.7. The fourth-order valence-electron chi connectivity index (χ4n) is 3.34. The Bertz CT molecular complexity index is 515. The molecule has 1 amide bonds. The molecular formula is C16H25N3O2S. The maximum Gasteiger partial charge on any atom is 0.223 e. The minimum atomic E-state index is -0.00935. The summed E-state index contributed by atoms with van der Waals surface area (Å²) in [4.78, 5) is 19.0. The van der Waals surface area contributed by atoms with E-state index in [0.717, 1.165) is 49.6 Å². The highest BCUT2D eigenvalue weighted by Gasteiger charge is 2.36. The van der Waals surface area contributed by atoms with Crippen molar-refractivity contribution in [3.05, 3.63) is 11.1 Å². The number of hydrogen-bond acceptors (Lipinski definition) is 5. The van der Waals surface area contributed by atoms with E-state index >= 15 is 0 Å². The number of nitrogens with one attached hydrogen (secondary N) is 1. The molecule has 0 aromatic carbocycles. The molecule has 22 heavy (non-hydrogen) atoms. The van der Waals surface area contributed by atoms with Crippen molar-refractivity contribution in [3.63, 3.8) is 0 Å². The van der Waals surface area contributed by atoms with Crippen LogP contribution in [-0.2, 0) is 11.4 Å². The van der Waals surface area contributed by atoms with Crippen molar-refractivity contribution in [1.29, 1.82) is 0 Å². The van der Waals surface area contributed by atoms with E-state index in [1.54, 1.807) is 11.3 Å². The average molecular weight is 323 g/mol. The largest absolute Gasteiger partial charge is 0.390 e. The number of amides is 1. The minimum Gasteiger partial charge on any atom is -0.390 e. The fraction of sp³-hybridized carbons (Fsp3) is 0.750. The Hall–Kier alpha value is -1.14. The van der Waals surface area contributed by atoms with Gasteiger partial charge in [0.05, 0.1) is 18.3 Å². The molecule has 2 fully saturated rings. The van der Waals surface area contributed by atoms with Crippen molar-refractivity contribution in [3.8, 4) is 0 Å². The van der Waals surface area contributed by atoms with E-state index in [9.17, 15) is 4.79 Å². The van der Waals surface area contributed by atoms with Crippen LogP contribution in [-0.4, -0.2) is 35.1 Å². The number of aromatic nitrogens is 1. The van der Waals surface area contributed by atoms with Gasteiger partial charge >= 0.3 is 0 Å². The van der Waals surface area contributed by atoms with Gasteiger partial charge in [-0.3, -0.25) is 4.79 Å². The van der Waals surface area contributed by atoms with Gasteiger partial charge in [0.2, 0.25) is 5.91 Å². The molecule has 2 atom stereocenters. The zero-order valence-electron chi connectivity index (χ0n) is 13.1. The molecule has 0 radical (unpaired) electrons. The van der Waals surface area contributed by atoms with E-state index in [1.165, 1.54) is 6.42 Å². The number of aliphatic hydroxyl groups excluding tert-OH is 1. The SMILES string of the molecule is CCC[C@H]1CN(c2nc(CO)cs2)C[C@@H]1NC(=O)C1CCC1. The van der Waals surface area contributed by atoms with E-state index in [4.69, 9.17) is 5.11 Å². The van der Waals surface area contributed by atoms with Gasteiger partial charge in [0.1, 0.15) is 0 Å². The van der Waals surface area contributed by atoms with Gasteiger partial charge in [-0.25, -0.2) is 4.98 Å². The molecule has 6 heteroatoms. The Kier molecular flexibility index (Phi) is 4.98. The molecule has 2 heterocycles. The number of aliphatic hydroxyl groups is 1. The lowest BCUT2D eigenvalue weighted by molar-refractivity contribution is -0.128. The normalized spacial score (nSPS) is 25.3. The third-order valence-electron chi connectivity index (χ3n) is 4.88. The van der Waals surface area contributed by atoms with Gasteiger partial charge < -0.3 is 15.3 Å². The van der Waals surface area contributed by atoms with Gasteiger partial charge in [0.15, 0.2) is 5.13 Å². The molecule has 2 N–H and O–H groups in total. The first-order valence-electron chi connectivity index (χ1n) is 8.31. The molecule has 3 rings (SSSR count). The van der Waals surface area contributed by atoms with Crippen molar-refractivity contribution >= 4 is 22.4 Å². The maximum absolute atomic E-state index is 12.2. The van der Waals surface area contributed by atoms with Crippen molar-refractivity contribution in [2.45, 2.75) is 51.7 Å². The molecule has 2 aliphatic rings. The van der Waals surface area contributed by atoms with Gasteiger partial charge in [0, 0.05) is 24.4 Å². The molecule has 1 saturated carbocycles. The van der Waals surface area contributed by atoms with Crippen molar-refractivity contribution in [2.24, 2.45) is 11.8 Å². The molecule has 5 nitrogen and oxygen atoms in total. The Morgan fingerprint density at radius 2 is 2.32 bits per heavy atom. The molecule has 122 valence electrons. The Morgan fingerprint density at radius 1 is 1.50 bits per heavy atom. The van der Waals surface area contributed by atoms with Crippen LogP contribution in [0.4, 0.5) is 5.13 Å². The number of carbonyl (C=O) groups excluding carboxylic acids is 1. The summed E-state index contributed by atoms with van der Waals surface area (Å²) in [5.74, 6) is 0.988. The standard InChI is InChI=1S/C16H25N3O2S/c1-2-4-12-7-19(16-17-13(9-20)10-22-16)8-14(12)18-15(21)11-5-3-6-11/h10-12,14,20H,2-9H2,1H3,(H,18,21)/t12-,14-/m0/s1. The third-order valence-corrected chi connectivity index (χ3v) is 5.83. The van der Waals surface area contributed by atoms with Crippen LogP contribution < -0.4 is 10.2 Å². The molecule has 1 aliphatic carbocycles. The Labute approximate surface area is 135 Å². The lowest BCUT2D eigenvalue weighted by atomic mass is 9.84. The number of thiazole rings is 1. The van der Waals surface area contributed by atoms with Crippen LogP contribution in [0.25, 0.3) is 0 Å². The Morgan fingerprint density at radius 3 is 2.91 bits per heavy atom. The van der Waals surface area contributed by atoms with Crippen molar-refractivity contribution in [1.82, 2.24) is 10.3 Å². The van der Waals surface area contributed by atoms with E-state index in [0.29, 0.717) is 5.92 Å². The summed E-state index contributed by atoms with van der Waals surface area (Å²) in [6.45, 7) is 3.97. The van der Waals surface area contributed by atoms with Gasteiger partial charge in [-0.05, 0) is 25.2 Å². The summed E-state index contributed by atoms with van der Waals surface area (Å²) in [6.07, 6.45) is 5.55. The molecular weight excluding hydrogens is 298 g/mol. The van der Waals surface area contributed by atoms with E-state index in [-0.39, 0.29) is 24.5 Å². The highest BCUT2D eigenvalue weighted by atomic mass is 32.1. The number of rotatable bonds is 6. The number of anilines is 1. The summed E-state index contributed by atoms with van der Waals surface area (Å²) in [7, 11) is 0. The van der Waals surface area contributed by atoms with Crippen LogP contribution in [0.1, 0.15) is 44.7 Å². The highest BCUT2D eigenvalue weighted by Crippen LogP contribution is 2.31. The molecule has 0 bridgehead atoms. The number of nitrogens with zero attached hydrogens (tertiary/aromatic N) is 2. The van der Waals surface area contributed by atoms with E-state index in [2.05, 4.69) is 22.1 Å². The lowest BCUT2D eigenvalue weighted by Crippen LogP contribution is -2.45. The van der Waals surface area contributed by atoms with Crippen LogP contribution in [0.3, 0.4) is 0 Å². The van der Waals surface area contributed by atoms with Gasteiger partial charge in [-0.1, -0.05) is 19.8 Å².